The lowest BCUT2D eigenvalue weighted by molar-refractivity contribution is -0.144. The molecule has 0 radical (unpaired) electrons. The van der Waals surface area contributed by atoms with E-state index in [9.17, 15) is 4.79 Å². The molecule has 2 aromatic heterocycles. The van der Waals surface area contributed by atoms with Crippen molar-refractivity contribution in [3.63, 3.8) is 0 Å². The van der Waals surface area contributed by atoms with Crippen LogP contribution in [0, 0.1) is 10.8 Å². The van der Waals surface area contributed by atoms with Gasteiger partial charge >= 0.3 is 11.9 Å². The van der Waals surface area contributed by atoms with Crippen LogP contribution in [-0.4, -0.2) is 32.5 Å². The highest BCUT2D eigenvalue weighted by Crippen LogP contribution is 2.38. The highest BCUT2D eigenvalue weighted by Gasteiger charge is 2.31. The summed E-state index contributed by atoms with van der Waals surface area (Å²) in [5.41, 5.74) is 2.32. The van der Waals surface area contributed by atoms with Crippen LogP contribution in [0.4, 0.5) is 4.79 Å². The van der Waals surface area contributed by atoms with Gasteiger partial charge in [0.25, 0.3) is 6.02 Å². The number of benzene rings is 1. The molecule has 0 bridgehead atoms. The molecule has 0 spiro atoms. The van der Waals surface area contributed by atoms with Gasteiger partial charge in [0.05, 0.1) is 17.7 Å². The normalized spacial score (nSPS) is 17.4. The molecule has 1 aliphatic rings. The molecule has 0 saturated heterocycles. The average molecular weight is 493 g/mol. The van der Waals surface area contributed by atoms with Crippen LogP contribution in [0.5, 0.6) is 5.75 Å². The van der Waals surface area contributed by atoms with Crippen LogP contribution in [-0.2, 0) is 4.74 Å². The van der Waals surface area contributed by atoms with E-state index in [0.29, 0.717) is 12.8 Å². The Balaban J connectivity index is 1.45. The second kappa shape index (κ2) is 9.96. The van der Waals surface area contributed by atoms with Gasteiger partial charge in [-0.05, 0) is 56.9 Å². The SMILES string of the molecule is CC(C)c1nnc2ccc(O[C@H]3CC[C@H](NC(=O)NC(=N)OC(=[NH2+])C(C)(C)C)c4ccccc43)cn12. The van der Waals surface area contributed by atoms with Crippen LogP contribution in [0.25, 0.3) is 5.65 Å². The predicted octanol–water partition coefficient (Wildman–Crippen LogP) is 3.26. The van der Waals surface area contributed by atoms with E-state index in [1.165, 1.54) is 0 Å². The van der Waals surface area contributed by atoms with Gasteiger partial charge in [-0.25, -0.2) is 10.2 Å². The van der Waals surface area contributed by atoms with Crippen molar-refractivity contribution >= 4 is 23.6 Å². The molecule has 1 aromatic carbocycles. The largest absolute Gasteiger partial charge is 0.484 e. The summed E-state index contributed by atoms with van der Waals surface area (Å²) in [4.78, 5) is 12.6. The number of urea groups is 1. The molecule has 2 amide bonds. The third kappa shape index (κ3) is 5.48. The van der Waals surface area contributed by atoms with Gasteiger partial charge in [-0.1, -0.05) is 38.1 Å². The van der Waals surface area contributed by atoms with Gasteiger partial charge in [0.15, 0.2) is 5.65 Å². The highest BCUT2D eigenvalue weighted by molar-refractivity contribution is 5.97. The molecular formula is C26H34N7O3+. The number of carbonyl (C=O) groups excluding carboxylic acids is 1. The molecule has 10 heteroatoms. The number of rotatable bonds is 4. The molecule has 5 N–H and O–H groups in total. The summed E-state index contributed by atoms with van der Waals surface area (Å²) in [6, 6.07) is 10.5. The number of nitrogens with one attached hydrogen (secondary N) is 3. The van der Waals surface area contributed by atoms with E-state index >= 15 is 0 Å². The number of amides is 2. The number of ether oxygens (including phenoxy) is 2. The Labute approximate surface area is 210 Å². The first-order valence-electron chi connectivity index (χ1n) is 12.1. The van der Waals surface area contributed by atoms with E-state index in [1.807, 2.05) is 67.8 Å². The van der Waals surface area contributed by atoms with Crippen molar-refractivity contribution < 1.29 is 19.7 Å². The summed E-state index contributed by atoms with van der Waals surface area (Å²) >= 11 is 0. The van der Waals surface area contributed by atoms with Crippen LogP contribution < -0.4 is 20.8 Å². The summed E-state index contributed by atoms with van der Waals surface area (Å²) < 4.78 is 13.6. The third-order valence-electron chi connectivity index (χ3n) is 6.12. The van der Waals surface area contributed by atoms with Crippen molar-refractivity contribution in [3.05, 3.63) is 59.5 Å². The van der Waals surface area contributed by atoms with Crippen molar-refractivity contribution in [2.75, 3.05) is 0 Å². The number of pyridine rings is 1. The van der Waals surface area contributed by atoms with Gasteiger partial charge in [0.1, 0.15) is 17.7 Å². The maximum Gasteiger partial charge on any atom is 0.346 e. The molecule has 10 nitrogen and oxygen atoms in total. The monoisotopic (exact) mass is 492 g/mol. The van der Waals surface area contributed by atoms with Crippen molar-refractivity contribution in [2.45, 2.75) is 65.5 Å². The maximum absolute atomic E-state index is 12.6. The smallest absolute Gasteiger partial charge is 0.346 e. The number of carbonyl (C=O) groups is 1. The Bertz CT molecular complexity index is 1290. The fourth-order valence-electron chi connectivity index (χ4n) is 4.13. The fraction of sp³-hybridized carbons (Fsp3) is 0.423. The van der Waals surface area contributed by atoms with E-state index in [-0.39, 0.29) is 24.0 Å². The second-order valence-electron chi connectivity index (χ2n) is 10.3. The van der Waals surface area contributed by atoms with Crippen LogP contribution >= 0.6 is 0 Å². The number of fused-ring (bicyclic) bond motifs is 2. The van der Waals surface area contributed by atoms with Gasteiger partial charge < -0.3 is 14.8 Å². The van der Waals surface area contributed by atoms with Crippen molar-refractivity contribution in [2.24, 2.45) is 5.41 Å². The summed E-state index contributed by atoms with van der Waals surface area (Å²) in [7, 11) is 0. The molecule has 36 heavy (non-hydrogen) atoms. The first-order valence-corrected chi connectivity index (χ1v) is 12.1. The Hall–Kier alpha value is -3.95. The molecule has 2 atom stereocenters. The molecule has 3 aromatic rings. The summed E-state index contributed by atoms with van der Waals surface area (Å²) in [5.74, 6) is 2.00. The van der Waals surface area contributed by atoms with Gasteiger partial charge in [0.2, 0.25) is 0 Å². The molecule has 0 saturated carbocycles. The molecule has 4 rings (SSSR count). The lowest BCUT2D eigenvalue weighted by Gasteiger charge is -2.32. The minimum Gasteiger partial charge on any atom is -0.484 e. The van der Waals surface area contributed by atoms with Gasteiger partial charge in [0, 0.05) is 5.92 Å². The first kappa shape index (κ1) is 25.2. The number of hydrogen-bond acceptors (Lipinski definition) is 6. The van der Waals surface area contributed by atoms with Gasteiger partial charge in [-0.3, -0.25) is 15.1 Å². The number of nitrogens with zero attached hydrogens (tertiary/aromatic N) is 3. The van der Waals surface area contributed by atoms with Crippen LogP contribution in [0.2, 0.25) is 0 Å². The van der Waals surface area contributed by atoms with E-state index in [2.05, 4.69) is 34.7 Å². The molecule has 0 aliphatic heterocycles. The first-order chi connectivity index (χ1) is 17.0. The van der Waals surface area contributed by atoms with E-state index < -0.39 is 17.5 Å². The molecule has 190 valence electrons. The minimum atomic E-state index is -0.528. The Morgan fingerprint density at radius 1 is 1.14 bits per heavy atom. The lowest BCUT2D eigenvalue weighted by Crippen LogP contribution is -2.52. The summed E-state index contributed by atoms with van der Waals surface area (Å²) in [5, 5.41) is 27.6. The second-order valence-corrected chi connectivity index (χ2v) is 10.3. The zero-order chi connectivity index (χ0) is 26.0. The molecule has 1 aliphatic carbocycles. The van der Waals surface area contributed by atoms with Crippen molar-refractivity contribution in [3.8, 4) is 5.75 Å². The predicted molar refractivity (Wildman–Crippen MR) is 136 cm³/mol. The quantitative estimate of drug-likeness (QED) is 0.327. The standard InChI is InChI=1S/C26H33N7O3/c1-15(2)22-32-31-21-13-10-16(14-33(21)22)35-20-12-11-19(17-8-6-7-9-18(17)20)29-25(34)30-24(28)36-23(27)26(3,4)5/h6-10,13-15,19-20,27H,11-12H2,1-5H3,(H3,28,29,30,34)/p+1/t19-,20-/m0/s1. The fourth-order valence-corrected chi connectivity index (χ4v) is 4.13. The minimum absolute atomic E-state index is 0.154. The third-order valence-corrected chi connectivity index (χ3v) is 6.12. The zero-order valence-electron chi connectivity index (χ0n) is 21.3. The van der Waals surface area contributed by atoms with E-state index in [1.54, 1.807) is 0 Å². The lowest BCUT2D eigenvalue weighted by atomic mass is 9.85. The molecular weight excluding hydrogens is 458 g/mol. The van der Waals surface area contributed by atoms with Crippen LogP contribution in [0.15, 0.2) is 42.6 Å². The molecule has 0 unspecified atom stereocenters. The number of nitrogens with two attached hydrogens (primary N) is 1. The summed E-state index contributed by atoms with van der Waals surface area (Å²) in [6.45, 7) is 9.74. The maximum atomic E-state index is 12.6. The molecule has 2 heterocycles. The number of aromatic nitrogens is 3. The van der Waals surface area contributed by atoms with Crippen molar-refractivity contribution in [1.82, 2.24) is 25.2 Å². The van der Waals surface area contributed by atoms with E-state index in [0.717, 1.165) is 28.3 Å². The Morgan fingerprint density at radius 3 is 2.56 bits per heavy atom. The number of hydrogen-bond donors (Lipinski definition) is 4. The van der Waals surface area contributed by atoms with Gasteiger partial charge in [-0.2, -0.15) is 0 Å². The highest BCUT2D eigenvalue weighted by atomic mass is 16.5. The number of amidine groups is 1. The van der Waals surface area contributed by atoms with E-state index in [4.69, 9.17) is 20.3 Å². The zero-order valence-corrected chi connectivity index (χ0v) is 21.3. The summed E-state index contributed by atoms with van der Waals surface area (Å²) in [6.07, 6.45) is 3.14. The van der Waals surface area contributed by atoms with Crippen LogP contribution in [0.3, 0.4) is 0 Å². The molecule has 0 fully saturated rings. The Kier molecular flexibility index (Phi) is 6.96. The van der Waals surface area contributed by atoms with Crippen LogP contribution in [0.1, 0.15) is 82.5 Å². The topological polar surface area (TPSA) is 139 Å². The van der Waals surface area contributed by atoms with Crippen molar-refractivity contribution in [1.29, 1.82) is 5.41 Å². The Morgan fingerprint density at radius 2 is 1.86 bits per heavy atom. The van der Waals surface area contributed by atoms with Gasteiger partial charge in [-0.15, -0.1) is 10.2 Å². The average Bonchev–Trinajstić information content (AvgIpc) is 3.23.